The van der Waals surface area contributed by atoms with Crippen molar-refractivity contribution in [3.8, 4) is 0 Å². The summed E-state index contributed by atoms with van der Waals surface area (Å²) in [5.41, 5.74) is 3.39. The Kier molecular flexibility index (Phi) is 5.48. The quantitative estimate of drug-likeness (QED) is 0.589. The van der Waals surface area contributed by atoms with Gasteiger partial charge in [-0.15, -0.1) is 11.3 Å². The Labute approximate surface area is 187 Å². The molecule has 0 unspecified atom stereocenters. The molecule has 0 spiro atoms. The van der Waals surface area contributed by atoms with Gasteiger partial charge in [-0.25, -0.2) is 15.0 Å². The van der Waals surface area contributed by atoms with Crippen LogP contribution in [0.15, 0.2) is 6.33 Å². The molecular formula is C23H31N5O2S. The average molecular weight is 442 g/mol. The number of thiophene rings is 1. The summed E-state index contributed by atoms with van der Waals surface area (Å²) in [5.74, 6) is 2.07. The number of unbranched alkanes of at least 4 members (excludes halogenated alkanes) is 1. The van der Waals surface area contributed by atoms with E-state index >= 15 is 0 Å². The van der Waals surface area contributed by atoms with Gasteiger partial charge < -0.3 is 19.3 Å². The van der Waals surface area contributed by atoms with Crippen LogP contribution in [-0.4, -0.2) is 60.4 Å². The summed E-state index contributed by atoms with van der Waals surface area (Å²) in [7, 11) is 2.13. The van der Waals surface area contributed by atoms with Crippen LogP contribution in [0.1, 0.15) is 44.7 Å². The first kappa shape index (κ1) is 20.8. The molecule has 0 N–H and O–H groups in total. The minimum Gasteiger partial charge on any atom is -0.378 e. The molecule has 0 aromatic carbocycles. The van der Waals surface area contributed by atoms with Gasteiger partial charge in [0.2, 0.25) is 0 Å². The highest BCUT2D eigenvalue weighted by Gasteiger charge is 2.33. The van der Waals surface area contributed by atoms with E-state index in [9.17, 15) is 0 Å². The van der Waals surface area contributed by atoms with E-state index in [0.717, 1.165) is 78.8 Å². The third-order valence-corrected chi connectivity index (χ3v) is 7.38. The zero-order valence-electron chi connectivity index (χ0n) is 18.9. The largest absolute Gasteiger partial charge is 0.378 e. The molecular weight excluding hydrogens is 410 g/mol. The van der Waals surface area contributed by atoms with Gasteiger partial charge in [-0.05, 0) is 25.8 Å². The normalized spacial score (nSPS) is 18.5. The first-order valence-electron chi connectivity index (χ1n) is 11.3. The molecule has 0 bridgehead atoms. The Hall–Kier alpha value is -2.03. The first-order chi connectivity index (χ1) is 15.0. The lowest BCUT2D eigenvalue weighted by Gasteiger charge is -2.36. The van der Waals surface area contributed by atoms with Crippen LogP contribution < -0.4 is 9.80 Å². The lowest BCUT2D eigenvalue weighted by Crippen LogP contribution is -2.39. The second-order valence-corrected chi connectivity index (χ2v) is 10.1. The maximum Gasteiger partial charge on any atom is 0.149 e. The van der Waals surface area contributed by atoms with Gasteiger partial charge in [-0.3, -0.25) is 0 Å². The molecule has 1 fully saturated rings. The predicted molar refractivity (Wildman–Crippen MR) is 126 cm³/mol. The summed E-state index contributed by atoms with van der Waals surface area (Å²) in [6, 6.07) is 0. The molecule has 0 radical (unpaired) electrons. The van der Waals surface area contributed by atoms with Gasteiger partial charge >= 0.3 is 0 Å². The second-order valence-electron chi connectivity index (χ2n) is 9.15. The van der Waals surface area contributed by atoms with Gasteiger partial charge in [0.15, 0.2) is 0 Å². The summed E-state index contributed by atoms with van der Waals surface area (Å²) in [6.07, 6.45) is 4.87. The van der Waals surface area contributed by atoms with Gasteiger partial charge in [-0.2, -0.15) is 0 Å². The minimum absolute atomic E-state index is 0.203. The number of anilines is 2. The Morgan fingerprint density at radius 1 is 1.19 bits per heavy atom. The van der Waals surface area contributed by atoms with E-state index < -0.39 is 0 Å². The van der Waals surface area contributed by atoms with E-state index in [1.54, 1.807) is 17.7 Å². The molecule has 3 aromatic rings. The van der Waals surface area contributed by atoms with Crippen LogP contribution in [0, 0.1) is 0 Å². The van der Waals surface area contributed by atoms with Crippen molar-refractivity contribution in [2.24, 2.45) is 0 Å². The zero-order valence-corrected chi connectivity index (χ0v) is 19.7. The van der Waals surface area contributed by atoms with Crippen LogP contribution in [0.5, 0.6) is 0 Å². The van der Waals surface area contributed by atoms with Crippen molar-refractivity contribution in [1.82, 2.24) is 15.0 Å². The number of hydrogen-bond donors (Lipinski definition) is 0. The summed E-state index contributed by atoms with van der Waals surface area (Å²) >= 11 is 1.72. The average Bonchev–Trinajstić information content (AvgIpc) is 3.15. The molecule has 166 valence electrons. The minimum atomic E-state index is -0.203. The van der Waals surface area contributed by atoms with E-state index in [0.29, 0.717) is 6.61 Å². The van der Waals surface area contributed by atoms with Gasteiger partial charge in [0.25, 0.3) is 0 Å². The van der Waals surface area contributed by atoms with Crippen LogP contribution >= 0.6 is 11.3 Å². The molecule has 31 heavy (non-hydrogen) atoms. The molecule has 1 saturated heterocycles. The zero-order chi connectivity index (χ0) is 21.6. The van der Waals surface area contributed by atoms with Crippen LogP contribution in [0.25, 0.3) is 20.4 Å². The van der Waals surface area contributed by atoms with Crippen molar-refractivity contribution < 1.29 is 9.47 Å². The molecule has 7 nitrogen and oxygen atoms in total. The van der Waals surface area contributed by atoms with E-state index in [2.05, 4.69) is 42.6 Å². The SMILES string of the molecule is CCCCN(C)c1ncnc2c1sc1nc(N3CCOCC3)c3c(c12)CC(C)(C)OC3. The van der Waals surface area contributed by atoms with Crippen molar-refractivity contribution in [2.45, 2.75) is 52.2 Å². The molecule has 0 aliphatic carbocycles. The van der Waals surface area contributed by atoms with E-state index in [-0.39, 0.29) is 5.60 Å². The van der Waals surface area contributed by atoms with Crippen LogP contribution in [0.4, 0.5) is 11.6 Å². The Balaban J connectivity index is 1.72. The number of rotatable bonds is 5. The van der Waals surface area contributed by atoms with Crippen LogP contribution in [-0.2, 0) is 22.5 Å². The lowest BCUT2D eigenvalue weighted by atomic mass is 9.90. The maximum atomic E-state index is 6.23. The fraction of sp³-hybridized carbons (Fsp3) is 0.609. The third kappa shape index (κ3) is 3.75. The topological polar surface area (TPSA) is 63.6 Å². The first-order valence-corrected chi connectivity index (χ1v) is 12.1. The third-order valence-electron chi connectivity index (χ3n) is 6.31. The molecule has 2 aliphatic heterocycles. The van der Waals surface area contributed by atoms with Crippen LogP contribution in [0.3, 0.4) is 0 Å². The van der Waals surface area contributed by atoms with Gasteiger partial charge in [0.05, 0.1) is 35.6 Å². The van der Waals surface area contributed by atoms with Gasteiger partial charge in [0, 0.05) is 44.1 Å². The molecule has 8 heteroatoms. The summed E-state index contributed by atoms with van der Waals surface area (Å²) in [4.78, 5) is 20.2. The van der Waals surface area contributed by atoms with Crippen LogP contribution in [0.2, 0.25) is 0 Å². The number of hydrogen-bond acceptors (Lipinski definition) is 8. The highest BCUT2D eigenvalue weighted by molar-refractivity contribution is 7.26. The fourth-order valence-electron chi connectivity index (χ4n) is 4.59. The second kappa shape index (κ2) is 8.15. The van der Waals surface area contributed by atoms with Gasteiger partial charge in [0.1, 0.15) is 22.8 Å². The van der Waals surface area contributed by atoms with Crippen molar-refractivity contribution in [1.29, 1.82) is 0 Å². The maximum absolute atomic E-state index is 6.23. The number of nitrogens with zero attached hydrogens (tertiary/aromatic N) is 5. The number of pyridine rings is 1. The highest BCUT2D eigenvalue weighted by atomic mass is 32.1. The number of ether oxygens (including phenoxy) is 2. The molecule has 0 saturated carbocycles. The molecule has 0 atom stereocenters. The van der Waals surface area contributed by atoms with Crippen molar-refractivity contribution in [3.63, 3.8) is 0 Å². The van der Waals surface area contributed by atoms with E-state index in [1.807, 2.05) is 0 Å². The fourth-order valence-corrected chi connectivity index (χ4v) is 5.79. The summed E-state index contributed by atoms with van der Waals surface area (Å²) in [5, 5.41) is 1.19. The lowest BCUT2D eigenvalue weighted by molar-refractivity contribution is -0.0396. The smallest absolute Gasteiger partial charge is 0.149 e. The number of aromatic nitrogens is 3. The number of morpholine rings is 1. The summed E-state index contributed by atoms with van der Waals surface area (Å²) < 4.78 is 13.0. The molecule has 3 aromatic heterocycles. The predicted octanol–water partition coefficient (Wildman–Crippen LogP) is 4.16. The van der Waals surface area contributed by atoms with Crippen molar-refractivity contribution in [2.75, 3.05) is 49.7 Å². The monoisotopic (exact) mass is 441 g/mol. The highest BCUT2D eigenvalue weighted by Crippen LogP contribution is 2.44. The molecule has 5 heterocycles. The number of fused-ring (bicyclic) bond motifs is 5. The van der Waals surface area contributed by atoms with E-state index in [1.165, 1.54) is 16.5 Å². The molecule has 5 rings (SSSR count). The summed E-state index contributed by atoms with van der Waals surface area (Å²) in [6.45, 7) is 11.3. The van der Waals surface area contributed by atoms with Crippen molar-refractivity contribution >= 4 is 43.4 Å². The Bertz CT molecular complexity index is 1110. The molecule has 0 amide bonds. The molecule has 2 aliphatic rings. The Morgan fingerprint density at radius 2 is 2.00 bits per heavy atom. The van der Waals surface area contributed by atoms with Crippen molar-refractivity contribution in [3.05, 3.63) is 17.5 Å². The Morgan fingerprint density at radius 3 is 2.77 bits per heavy atom. The van der Waals surface area contributed by atoms with Gasteiger partial charge in [-0.1, -0.05) is 13.3 Å². The standard InChI is InChI=1S/C23H31N5O2S/c1-5-6-7-27(4)21-19-18(24-14-25-21)17-15-12-23(2,3)30-13-16(15)20(26-22(17)31-19)28-8-10-29-11-9-28/h14H,5-13H2,1-4H3. The van der Waals surface area contributed by atoms with E-state index in [4.69, 9.17) is 19.4 Å².